The molecule has 0 spiro atoms. The van der Waals surface area contributed by atoms with Crippen molar-refractivity contribution in [1.82, 2.24) is 5.32 Å². The van der Waals surface area contributed by atoms with Crippen LogP contribution < -0.4 is 5.32 Å². The van der Waals surface area contributed by atoms with E-state index in [-0.39, 0.29) is 0 Å². The maximum absolute atomic E-state index is 3.85. The van der Waals surface area contributed by atoms with E-state index in [9.17, 15) is 0 Å². The SMILES string of the molecule is C=C(CC(C)(C)C)NC.CC. The van der Waals surface area contributed by atoms with Crippen molar-refractivity contribution in [2.45, 2.75) is 41.0 Å². The summed E-state index contributed by atoms with van der Waals surface area (Å²) in [4.78, 5) is 0. The molecule has 0 bridgehead atoms. The van der Waals surface area contributed by atoms with Crippen molar-refractivity contribution in [1.29, 1.82) is 0 Å². The van der Waals surface area contributed by atoms with Gasteiger partial charge in [-0.2, -0.15) is 0 Å². The molecule has 1 heteroatoms. The van der Waals surface area contributed by atoms with Gasteiger partial charge in [-0.15, -0.1) is 0 Å². The molecule has 0 fully saturated rings. The number of nitrogens with one attached hydrogen (secondary N) is 1. The Labute approximate surface area is 71.9 Å². The first-order valence-corrected chi connectivity index (χ1v) is 4.31. The van der Waals surface area contributed by atoms with Gasteiger partial charge in [0.1, 0.15) is 0 Å². The first-order chi connectivity index (χ1) is 4.95. The quantitative estimate of drug-likeness (QED) is 0.649. The van der Waals surface area contributed by atoms with E-state index < -0.39 is 0 Å². The number of hydrogen-bond donors (Lipinski definition) is 1. The van der Waals surface area contributed by atoms with Crippen molar-refractivity contribution in [3.8, 4) is 0 Å². The van der Waals surface area contributed by atoms with Gasteiger partial charge in [0.15, 0.2) is 0 Å². The zero-order chi connectivity index (χ0) is 9.49. The van der Waals surface area contributed by atoms with Crippen LogP contribution in [0.3, 0.4) is 0 Å². The van der Waals surface area contributed by atoms with Crippen molar-refractivity contribution in [2.75, 3.05) is 7.05 Å². The van der Waals surface area contributed by atoms with Crippen LogP contribution in [0.2, 0.25) is 0 Å². The lowest BCUT2D eigenvalue weighted by Crippen LogP contribution is -2.13. The second kappa shape index (κ2) is 6.26. The van der Waals surface area contributed by atoms with Gasteiger partial charge >= 0.3 is 0 Å². The third-order valence-electron chi connectivity index (χ3n) is 1.10. The molecular formula is C10H23N. The first-order valence-electron chi connectivity index (χ1n) is 4.31. The van der Waals surface area contributed by atoms with Crippen LogP contribution in [0.25, 0.3) is 0 Å². The van der Waals surface area contributed by atoms with Crippen molar-refractivity contribution in [3.05, 3.63) is 12.3 Å². The van der Waals surface area contributed by atoms with Gasteiger partial charge in [-0.3, -0.25) is 0 Å². The minimum Gasteiger partial charge on any atom is -0.392 e. The summed E-state index contributed by atoms with van der Waals surface area (Å²) in [5, 5.41) is 3.03. The van der Waals surface area contributed by atoms with Gasteiger partial charge in [0.25, 0.3) is 0 Å². The van der Waals surface area contributed by atoms with E-state index in [1.54, 1.807) is 0 Å². The van der Waals surface area contributed by atoms with E-state index in [1.165, 1.54) is 0 Å². The molecule has 0 aromatic rings. The highest BCUT2D eigenvalue weighted by Crippen LogP contribution is 2.21. The molecule has 1 N–H and O–H groups in total. The molecule has 0 unspecified atom stereocenters. The minimum absolute atomic E-state index is 0.361. The van der Waals surface area contributed by atoms with Crippen molar-refractivity contribution < 1.29 is 0 Å². The highest BCUT2D eigenvalue weighted by Gasteiger charge is 2.10. The predicted molar refractivity (Wildman–Crippen MR) is 53.6 cm³/mol. The zero-order valence-corrected chi connectivity index (χ0v) is 8.91. The number of hydrogen-bond acceptors (Lipinski definition) is 1. The molecule has 0 aliphatic carbocycles. The summed E-state index contributed by atoms with van der Waals surface area (Å²) in [5.74, 6) is 0. The molecular weight excluding hydrogens is 134 g/mol. The molecule has 0 radical (unpaired) electrons. The van der Waals surface area contributed by atoms with Gasteiger partial charge in [0, 0.05) is 12.7 Å². The average molecular weight is 157 g/mol. The van der Waals surface area contributed by atoms with Crippen LogP contribution in [0.4, 0.5) is 0 Å². The van der Waals surface area contributed by atoms with E-state index in [0.29, 0.717) is 5.41 Å². The molecule has 0 atom stereocenters. The second-order valence-electron chi connectivity index (χ2n) is 3.59. The first kappa shape index (κ1) is 13.2. The lowest BCUT2D eigenvalue weighted by Gasteiger charge is -2.18. The van der Waals surface area contributed by atoms with Gasteiger partial charge in [-0.25, -0.2) is 0 Å². The number of rotatable bonds is 2. The molecule has 0 saturated heterocycles. The Morgan fingerprint density at radius 2 is 1.64 bits per heavy atom. The Morgan fingerprint density at radius 3 is 1.73 bits per heavy atom. The predicted octanol–water partition coefficient (Wildman–Crippen LogP) is 3.18. The maximum Gasteiger partial charge on any atom is 0.00363 e. The van der Waals surface area contributed by atoms with Crippen LogP contribution in [0, 0.1) is 5.41 Å². The largest absolute Gasteiger partial charge is 0.392 e. The molecule has 1 nitrogen and oxygen atoms in total. The summed E-state index contributed by atoms with van der Waals surface area (Å²) in [5.41, 5.74) is 1.47. The van der Waals surface area contributed by atoms with Crippen molar-refractivity contribution in [3.63, 3.8) is 0 Å². The molecule has 0 amide bonds. The van der Waals surface area contributed by atoms with Crippen LogP contribution in [-0.2, 0) is 0 Å². The highest BCUT2D eigenvalue weighted by molar-refractivity contribution is 4.93. The molecule has 0 aliphatic rings. The van der Waals surface area contributed by atoms with Crippen LogP contribution in [-0.4, -0.2) is 7.05 Å². The average Bonchev–Trinajstić information content (AvgIpc) is 1.89. The molecule has 0 heterocycles. The van der Waals surface area contributed by atoms with Crippen LogP contribution in [0.15, 0.2) is 12.3 Å². The second-order valence-corrected chi connectivity index (χ2v) is 3.59. The molecule has 0 saturated carbocycles. The Morgan fingerprint density at radius 1 is 1.27 bits per heavy atom. The molecule has 0 aromatic heterocycles. The number of allylic oxidation sites excluding steroid dienone is 1. The molecule has 0 aromatic carbocycles. The highest BCUT2D eigenvalue weighted by atomic mass is 14.8. The third-order valence-corrected chi connectivity index (χ3v) is 1.10. The maximum atomic E-state index is 3.85. The van der Waals surface area contributed by atoms with Gasteiger partial charge in [-0.05, 0) is 11.8 Å². The van der Waals surface area contributed by atoms with Gasteiger partial charge in [-0.1, -0.05) is 41.2 Å². The monoisotopic (exact) mass is 157 g/mol. The van der Waals surface area contributed by atoms with Crippen LogP contribution in [0.5, 0.6) is 0 Å². The fraction of sp³-hybridized carbons (Fsp3) is 0.800. The zero-order valence-electron chi connectivity index (χ0n) is 8.91. The van der Waals surface area contributed by atoms with Crippen molar-refractivity contribution >= 4 is 0 Å². The van der Waals surface area contributed by atoms with Gasteiger partial charge in [0.05, 0.1) is 0 Å². The van der Waals surface area contributed by atoms with Gasteiger partial charge < -0.3 is 5.32 Å². The minimum atomic E-state index is 0.361. The molecule has 0 aliphatic heterocycles. The summed E-state index contributed by atoms with van der Waals surface area (Å²) >= 11 is 0. The lowest BCUT2D eigenvalue weighted by molar-refractivity contribution is 0.402. The fourth-order valence-electron chi connectivity index (χ4n) is 0.729. The lowest BCUT2D eigenvalue weighted by atomic mass is 9.91. The standard InChI is InChI=1S/C8H17N.C2H6/c1-7(9-5)6-8(2,3)4;1-2/h9H,1,6H2,2-5H3;1-2H3. The molecule has 11 heavy (non-hydrogen) atoms. The summed E-state index contributed by atoms with van der Waals surface area (Å²) in [6.45, 7) is 14.5. The smallest absolute Gasteiger partial charge is 0.00363 e. The van der Waals surface area contributed by atoms with Gasteiger partial charge in [0.2, 0.25) is 0 Å². The molecule has 0 rings (SSSR count). The Kier molecular flexibility index (Phi) is 7.49. The van der Waals surface area contributed by atoms with E-state index in [4.69, 9.17) is 0 Å². The summed E-state index contributed by atoms with van der Waals surface area (Å²) in [6, 6.07) is 0. The summed E-state index contributed by atoms with van der Waals surface area (Å²) < 4.78 is 0. The van der Waals surface area contributed by atoms with E-state index in [1.807, 2.05) is 20.9 Å². The van der Waals surface area contributed by atoms with E-state index in [2.05, 4.69) is 32.7 Å². The van der Waals surface area contributed by atoms with Crippen LogP contribution in [0.1, 0.15) is 41.0 Å². The normalized spacial score (nSPS) is 9.64. The molecule has 68 valence electrons. The van der Waals surface area contributed by atoms with E-state index >= 15 is 0 Å². The summed E-state index contributed by atoms with van der Waals surface area (Å²) in [7, 11) is 1.91. The van der Waals surface area contributed by atoms with Crippen LogP contribution >= 0.6 is 0 Å². The fourth-order valence-corrected chi connectivity index (χ4v) is 0.729. The summed E-state index contributed by atoms with van der Waals surface area (Å²) in [6.07, 6.45) is 1.05. The third kappa shape index (κ3) is 12.7. The Balaban J connectivity index is 0. The Hall–Kier alpha value is -0.460. The Bertz CT molecular complexity index is 97.9. The van der Waals surface area contributed by atoms with Crippen molar-refractivity contribution in [2.24, 2.45) is 5.41 Å². The van der Waals surface area contributed by atoms with E-state index in [0.717, 1.165) is 12.1 Å². The topological polar surface area (TPSA) is 12.0 Å².